The number of benzene rings is 1. The second-order valence-corrected chi connectivity index (χ2v) is 6.57. The molecule has 0 amide bonds. The smallest absolute Gasteiger partial charge is 0.170 e. The minimum Gasteiger partial charge on any atom is -0.497 e. The first-order valence-electron chi connectivity index (χ1n) is 5.79. The standard InChI is InChI=1S/C14H11BrO3S/c1-17-9-2-3-10-11(16)6-12(18-13(10)5-9)8-4-14(15)19-7-8/h2-5,7,12H,6H2,1H3. The van der Waals surface area contributed by atoms with E-state index >= 15 is 0 Å². The first-order chi connectivity index (χ1) is 9.17. The van der Waals surface area contributed by atoms with Crippen LogP contribution < -0.4 is 9.47 Å². The summed E-state index contributed by atoms with van der Waals surface area (Å²) in [6, 6.07) is 7.30. The van der Waals surface area contributed by atoms with Crippen molar-refractivity contribution in [1.82, 2.24) is 0 Å². The molecule has 3 nitrogen and oxygen atoms in total. The van der Waals surface area contributed by atoms with Crippen LogP contribution in [0.25, 0.3) is 0 Å². The Balaban J connectivity index is 1.96. The summed E-state index contributed by atoms with van der Waals surface area (Å²) in [7, 11) is 1.60. The Bertz CT molecular complexity index is 635. The number of methoxy groups -OCH3 is 1. The monoisotopic (exact) mass is 338 g/mol. The van der Waals surface area contributed by atoms with E-state index in [0.717, 1.165) is 9.35 Å². The van der Waals surface area contributed by atoms with E-state index in [2.05, 4.69) is 15.9 Å². The molecule has 98 valence electrons. The number of fused-ring (bicyclic) bond motifs is 1. The third-order valence-corrected chi connectivity index (χ3v) is 4.61. The summed E-state index contributed by atoms with van der Waals surface area (Å²) >= 11 is 5.02. The molecule has 1 aliphatic rings. The number of hydrogen-bond donors (Lipinski definition) is 0. The average molecular weight is 339 g/mol. The molecule has 19 heavy (non-hydrogen) atoms. The Morgan fingerprint density at radius 2 is 2.26 bits per heavy atom. The van der Waals surface area contributed by atoms with E-state index in [0.29, 0.717) is 23.5 Å². The van der Waals surface area contributed by atoms with Crippen molar-refractivity contribution < 1.29 is 14.3 Å². The van der Waals surface area contributed by atoms with Gasteiger partial charge >= 0.3 is 0 Å². The summed E-state index contributed by atoms with van der Waals surface area (Å²) in [4.78, 5) is 12.1. The number of Topliss-reactive ketones (excluding diaryl/α,β-unsaturated/α-hetero) is 1. The van der Waals surface area contributed by atoms with Crippen molar-refractivity contribution >= 4 is 33.0 Å². The van der Waals surface area contributed by atoms with E-state index in [1.807, 2.05) is 11.4 Å². The third-order valence-electron chi connectivity index (χ3n) is 3.09. The first kappa shape index (κ1) is 12.7. The van der Waals surface area contributed by atoms with Crippen LogP contribution in [-0.4, -0.2) is 12.9 Å². The van der Waals surface area contributed by atoms with Crippen LogP contribution in [0.2, 0.25) is 0 Å². The quantitative estimate of drug-likeness (QED) is 0.822. The van der Waals surface area contributed by atoms with Crippen LogP contribution in [0.3, 0.4) is 0 Å². The topological polar surface area (TPSA) is 35.5 Å². The number of carbonyl (C=O) groups excluding carboxylic acids is 1. The molecule has 1 aromatic heterocycles. The molecule has 0 spiro atoms. The molecule has 0 bridgehead atoms. The summed E-state index contributed by atoms with van der Waals surface area (Å²) in [6.07, 6.45) is 0.164. The Morgan fingerprint density at radius 3 is 2.95 bits per heavy atom. The Kier molecular flexibility index (Phi) is 3.33. The molecule has 0 fully saturated rings. The number of ether oxygens (including phenoxy) is 2. The zero-order chi connectivity index (χ0) is 13.4. The van der Waals surface area contributed by atoms with Crippen molar-refractivity contribution in [2.24, 2.45) is 0 Å². The molecule has 0 saturated heterocycles. The van der Waals surface area contributed by atoms with Crippen molar-refractivity contribution in [1.29, 1.82) is 0 Å². The largest absolute Gasteiger partial charge is 0.497 e. The molecular weight excluding hydrogens is 328 g/mol. The average Bonchev–Trinajstić information content (AvgIpc) is 2.84. The zero-order valence-corrected chi connectivity index (χ0v) is 12.6. The molecule has 2 aromatic rings. The van der Waals surface area contributed by atoms with Gasteiger partial charge in [0.15, 0.2) is 5.78 Å². The maximum absolute atomic E-state index is 12.1. The molecule has 3 rings (SSSR count). The minimum atomic E-state index is -0.213. The molecule has 2 heterocycles. The lowest BCUT2D eigenvalue weighted by atomic mass is 9.98. The van der Waals surface area contributed by atoms with Gasteiger partial charge in [0.05, 0.1) is 22.9 Å². The molecule has 1 aliphatic heterocycles. The molecule has 0 saturated carbocycles. The normalized spacial score (nSPS) is 17.8. The fourth-order valence-electron chi connectivity index (χ4n) is 2.11. The molecule has 1 unspecified atom stereocenters. The molecular formula is C14H11BrO3S. The first-order valence-corrected chi connectivity index (χ1v) is 7.46. The lowest BCUT2D eigenvalue weighted by Gasteiger charge is -2.25. The number of thiophene rings is 1. The predicted octanol–water partition coefficient (Wildman–Crippen LogP) is 4.23. The number of rotatable bonds is 2. The third kappa shape index (κ3) is 2.40. The van der Waals surface area contributed by atoms with Crippen LogP contribution in [0, 0.1) is 0 Å². The van der Waals surface area contributed by atoms with Gasteiger partial charge in [-0.05, 0) is 39.5 Å². The van der Waals surface area contributed by atoms with Crippen LogP contribution in [-0.2, 0) is 0 Å². The lowest BCUT2D eigenvalue weighted by molar-refractivity contribution is 0.0850. The van der Waals surface area contributed by atoms with Crippen LogP contribution >= 0.6 is 27.3 Å². The highest BCUT2D eigenvalue weighted by Gasteiger charge is 2.28. The summed E-state index contributed by atoms with van der Waals surface area (Å²) < 4.78 is 12.1. The van der Waals surface area contributed by atoms with Crippen molar-refractivity contribution in [3.8, 4) is 11.5 Å². The van der Waals surface area contributed by atoms with Crippen molar-refractivity contribution in [2.75, 3.05) is 7.11 Å². The maximum Gasteiger partial charge on any atom is 0.170 e. The fourth-order valence-corrected chi connectivity index (χ4v) is 3.33. The van der Waals surface area contributed by atoms with Gasteiger partial charge in [-0.3, -0.25) is 4.79 Å². The van der Waals surface area contributed by atoms with Gasteiger partial charge in [-0.2, -0.15) is 0 Å². The van der Waals surface area contributed by atoms with Gasteiger partial charge in [-0.15, -0.1) is 11.3 Å². The van der Waals surface area contributed by atoms with E-state index < -0.39 is 0 Å². The van der Waals surface area contributed by atoms with Crippen LogP contribution in [0.1, 0.15) is 28.4 Å². The summed E-state index contributed by atoms with van der Waals surface area (Å²) in [6.45, 7) is 0. The Labute approximate surface area is 123 Å². The predicted molar refractivity (Wildman–Crippen MR) is 77.3 cm³/mol. The highest BCUT2D eigenvalue weighted by atomic mass is 79.9. The van der Waals surface area contributed by atoms with Gasteiger partial charge in [-0.1, -0.05) is 0 Å². The minimum absolute atomic E-state index is 0.108. The summed E-state index contributed by atoms with van der Waals surface area (Å²) in [5.41, 5.74) is 1.66. The molecule has 5 heteroatoms. The molecule has 0 radical (unpaired) electrons. The maximum atomic E-state index is 12.1. The van der Waals surface area contributed by atoms with Gasteiger partial charge in [0, 0.05) is 11.6 Å². The number of carbonyl (C=O) groups is 1. The molecule has 1 aromatic carbocycles. The second kappa shape index (κ2) is 4.98. The molecule has 0 aliphatic carbocycles. The van der Waals surface area contributed by atoms with Gasteiger partial charge < -0.3 is 9.47 Å². The van der Waals surface area contributed by atoms with Gasteiger partial charge in [0.1, 0.15) is 17.6 Å². The molecule has 1 atom stereocenters. The summed E-state index contributed by atoms with van der Waals surface area (Å²) in [5, 5.41) is 2.01. The molecule has 0 N–H and O–H groups in total. The van der Waals surface area contributed by atoms with Gasteiger partial charge in [0.2, 0.25) is 0 Å². The lowest BCUT2D eigenvalue weighted by Crippen LogP contribution is -2.19. The van der Waals surface area contributed by atoms with Crippen LogP contribution in [0.4, 0.5) is 0 Å². The fraction of sp³-hybridized carbons (Fsp3) is 0.214. The van der Waals surface area contributed by atoms with Crippen molar-refractivity contribution in [3.05, 3.63) is 44.6 Å². The number of ketones is 1. The van der Waals surface area contributed by atoms with E-state index in [4.69, 9.17) is 9.47 Å². The van der Waals surface area contributed by atoms with Gasteiger partial charge in [-0.25, -0.2) is 0 Å². The van der Waals surface area contributed by atoms with E-state index in [9.17, 15) is 4.79 Å². The number of halogens is 1. The Morgan fingerprint density at radius 1 is 1.42 bits per heavy atom. The van der Waals surface area contributed by atoms with Gasteiger partial charge in [0.25, 0.3) is 0 Å². The zero-order valence-electron chi connectivity index (χ0n) is 10.2. The van der Waals surface area contributed by atoms with Crippen LogP contribution in [0.5, 0.6) is 11.5 Å². The van der Waals surface area contributed by atoms with Crippen LogP contribution in [0.15, 0.2) is 33.4 Å². The van der Waals surface area contributed by atoms with E-state index in [1.54, 1.807) is 36.6 Å². The highest BCUT2D eigenvalue weighted by molar-refractivity contribution is 9.11. The van der Waals surface area contributed by atoms with Crippen molar-refractivity contribution in [3.63, 3.8) is 0 Å². The Hall–Kier alpha value is -1.33. The summed E-state index contributed by atoms with van der Waals surface area (Å²) in [5.74, 6) is 1.40. The highest BCUT2D eigenvalue weighted by Crippen LogP contribution is 2.38. The SMILES string of the molecule is COc1ccc2c(c1)OC(c1csc(Br)c1)CC2=O. The van der Waals surface area contributed by atoms with E-state index in [1.165, 1.54) is 0 Å². The number of hydrogen-bond acceptors (Lipinski definition) is 4. The second-order valence-electron chi connectivity index (χ2n) is 4.28. The van der Waals surface area contributed by atoms with Crippen molar-refractivity contribution in [2.45, 2.75) is 12.5 Å². The van der Waals surface area contributed by atoms with E-state index in [-0.39, 0.29) is 11.9 Å².